The number of nitrogens with zero attached hydrogens (tertiary/aromatic N) is 2. The lowest BCUT2D eigenvalue weighted by Gasteiger charge is -2.18. The predicted molar refractivity (Wildman–Crippen MR) is 40.8 cm³/mol. The summed E-state index contributed by atoms with van der Waals surface area (Å²) in [6.07, 6.45) is 4.03. The van der Waals surface area contributed by atoms with Gasteiger partial charge in [-0.1, -0.05) is 0 Å². The first-order chi connectivity index (χ1) is 4.75. The van der Waals surface area contributed by atoms with Crippen molar-refractivity contribution in [2.24, 2.45) is 0 Å². The predicted octanol–water partition coefficient (Wildman–Crippen LogP) is -3.58. The summed E-state index contributed by atoms with van der Waals surface area (Å²) in [4.78, 5) is 3.28. The van der Waals surface area contributed by atoms with Crippen LogP contribution in [0.25, 0.3) is 0 Å². The number of thioether (sulfide) groups is 1. The molecule has 1 N–H and O–H groups in total. The van der Waals surface area contributed by atoms with Crippen molar-refractivity contribution in [3.05, 3.63) is 12.4 Å². The van der Waals surface area contributed by atoms with Gasteiger partial charge < -0.3 is 21.9 Å². The van der Waals surface area contributed by atoms with Crippen molar-refractivity contribution < 1.29 is 21.9 Å². The van der Waals surface area contributed by atoms with Crippen LogP contribution in [0.1, 0.15) is 0 Å². The molecule has 1 rings (SSSR count). The molecule has 0 amide bonds. The van der Waals surface area contributed by atoms with Gasteiger partial charge in [-0.15, -0.1) is 0 Å². The maximum atomic E-state index is 8.41. The zero-order chi connectivity index (χ0) is 7.56. The van der Waals surface area contributed by atoms with E-state index in [0.717, 1.165) is 0 Å². The molecule has 62 valence electrons. The topological polar surface area (TPSA) is 31.5 Å². The lowest BCUT2D eigenvalue weighted by Crippen LogP contribution is -3.07. The highest BCUT2D eigenvalue weighted by Crippen LogP contribution is 2.09. The van der Waals surface area contributed by atoms with Gasteiger partial charge in [-0.2, -0.15) is 5.26 Å². The van der Waals surface area contributed by atoms with Gasteiger partial charge in [0.2, 0.25) is 5.50 Å². The number of rotatable bonds is 1. The molecule has 0 aromatic carbocycles. The summed E-state index contributed by atoms with van der Waals surface area (Å²) >= 11 is 1.29. The van der Waals surface area contributed by atoms with Crippen LogP contribution in [0.5, 0.6) is 0 Å². The number of nitriles is 1. The van der Waals surface area contributed by atoms with E-state index in [2.05, 4.69) is 5.40 Å². The Kier molecular flexibility index (Phi) is 4.57. The van der Waals surface area contributed by atoms with Crippen LogP contribution in [0.15, 0.2) is 12.4 Å². The van der Waals surface area contributed by atoms with Gasteiger partial charge in [0.25, 0.3) is 0 Å². The Morgan fingerprint density at radius 3 is 2.73 bits per heavy atom. The van der Waals surface area contributed by atoms with Gasteiger partial charge in [-0.3, -0.25) is 4.90 Å². The molecule has 1 aliphatic heterocycles. The van der Waals surface area contributed by atoms with E-state index >= 15 is 0 Å². The highest BCUT2D eigenvalue weighted by atomic mass is 79.9. The summed E-state index contributed by atoms with van der Waals surface area (Å²) in [7, 11) is 4.01. The third kappa shape index (κ3) is 2.40. The molecule has 2 atom stereocenters. The van der Waals surface area contributed by atoms with Crippen molar-refractivity contribution >= 4 is 11.8 Å². The summed E-state index contributed by atoms with van der Waals surface area (Å²) in [5.41, 5.74) is 0.241. The molecule has 0 aromatic rings. The summed E-state index contributed by atoms with van der Waals surface area (Å²) in [6.45, 7) is 0. The smallest absolute Gasteiger partial charge is 0.229 e. The molecular weight excluding hydrogens is 226 g/mol. The Labute approximate surface area is 81.4 Å². The fourth-order valence-electron chi connectivity index (χ4n) is 0.943. The van der Waals surface area contributed by atoms with E-state index in [1.807, 2.05) is 31.4 Å². The van der Waals surface area contributed by atoms with Gasteiger partial charge >= 0.3 is 0 Å². The van der Waals surface area contributed by atoms with Crippen LogP contribution in [-0.2, 0) is 0 Å². The van der Waals surface area contributed by atoms with Crippen molar-refractivity contribution in [3.8, 4) is 5.40 Å². The van der Waals surface area contributed by atoms with Crippen molar-refractivity contribution in [2.45, 2.75) is 5.50 Å². The lowest BCUT2D eigenvalue weighted by molar-refractivity contribution is -0.838. The number of thiocyanates is 1. The fourth-order valence-corrected chi connectivity index (χ4v) is 1.54. The van der Waals surface area contributed by atoms with Crippen LogP contribution >= 0.6 is 11.8 Å². The van der Waals surface area contributed by atoms with E-state index in [-0.39, 0.29) is 22.5 Å². The molecule has 3 nitrogen and oxygen atoms in total. The van der Waals surface area contributed by atoms with Crippen LogP contribution in [-0.4, -0.2) is 24.5 Å². The largest absolute Gasteiger partial charge is 1.00 e. The molecule has 0 aromatic heterocycles. The van der Waals surface area contributed by atoms with Crippen LogP contribution in [0.3, 0.4) is 0 Å². The van der Waals surface area contributed by atoms with E-state index in [1.165, 1.54) is 16.7 Å². The third-order valence-corrected chi connectivity index (χ3v) is 2.53. The van der Waals surface area contributed by atoms with Crippen molar-refractivity contribution in [1.29, 1.82) is 5.26 Å². The molecule has 0 spiro atoms. The van der Waals surface area contributed by atoms with Crippen LogP contribution in [0.2, 0.25) is 0 Å². The molecule has 0 saturated carbocycles. The number of hydrogen-bond donors (Lipinski definition) is 1. The molecule has 0 saturated heterocycles. The molecular formula is C6H10BrN3S. The van der Waals surface area contributed by atoms with Crippen LogP contribution < -0.4 is 21.9 Å². The monoisotopic (exact) mass is 235 g/mol. The normalized spacial score (nSPS) is 27.9. The maximum Gasteiger partial charge on any atom is 0.229 e. The molecule has 2 unspecified atom stereocenters. The van der Waals surface area contributed by atoms with Crippen LogP contribution in [0, 0.1) is 10.7 Å². The molecule has 5 heteroatoms. The first kappa shape index (κ1) is 10.8. The first-order valence-corrected chi connectivity index (χ1v) is 3.92. The molecule has 11 heavy (non-hydrogen) atoms. The second-order valence-electron chi connectivity index (χ2n) is 2.29. The molecule has 0 fully saturated rings. The average molecular weight is 236 g/mol. The second-order valence-corrected chi connectivity index (χ2v) is 3.15. The maximum absolute atomic E-state index is 8.41. The number of nitrogens with one attached hydrogen (secondary N) is 1. The second kappa shape index (κ2) is 4.65. The van der Waals surface area contributed by atoms with Gasteiger partial charge in [-0.05, 0) is 0 Å². The SMILES string of the molecule is CN1C=C[NH+](C)C1SC#N.[Br-]. The highest BCUT2D eigenvalue weighted by molar-refractivity contribution is 8.04. The van der Waals surface area contributed by atoms with Crippen LogP contribution in [0.4, 0.5) is 0 Å². The lowest BCUT2D eigenvalue weighted by atomic mass is 10.8. The van der Waals surface area contributed by atoms with E-state index < -0.39 is 0 Å². The molecule has 1 aliphatic rings. The minimum absolute atomic E-state index is 0. The van der Waals surface area contributed by atoms with Crippen molar-refractivity contribution in [2.75, 3.05) is 14.1 Å². The molecule has 0 radical (unpaired) electrons. The standard InChI is InChI=1S/C6H9N3S.BrH/c1-8-3-4-9(2)6(8)10-5-7;/h3-4,6H,1-2H3;1H. The summed E-state index contributed by atoms with van der Waals surface area (Å²) in [5, 5.41) is 10.5. The Morgan fingerprint density at radius 2 is 2.36 bits per heavy atom. The van der Waals surface area contributed by atoms with E-state index in [4.69, 9.17) is 5.26 Å². The summed E-state index contributed by atoms with van der Waals surface area (Å²) < 4.78 is 0. The van der Waals surface area contributed by atoms with Gasteiger partial charge in [-0.25, -0.2) is 0 Å². The highest BCUT2D eigenvalue weighted by Gasteiger charge is 2.25. The van der Waals surface area contributed by atoms with Gasteiger partial charge in [0, 0.05) is 18.8 Å². The van der Waals surface area contributed by atoms with Crippen molar-refractivity contribution in [3.63, 3.8) is 0 Å². The Balaban J connectivity index is 0.000001000. The quantitative estimate of drug-likeness (QED) is 0.478. The Morgan fingerprint density at radius 1 is 1.73 bits per heavy atom. The fraction of sp³-hybridized carbons (Fsp3) is 0.500. The number of halogens is 1. The minimum Gasteiger partial charge on any atom is -1.00 e. The van der Waals surface area contributed by atoms with Crippen molar-refractivity contribution in [1.82, 2.24) is 4.90 Å². The van der Waals surface area contributed by atoms with E-state index in [0.29, 0.717) is 0 Å². The van der Waals surface area contributed by atoms with Gasteiger partial charge in [0.05, 0.1) is 13.2 Å². The Hall–Kier alpha value is -0.180. The minimum atomic E-state index is 0. The zero-order valence-corrected chi connectivity index (χ0v) is 8.82. The van der Waals surface area contributed by atoms with E-state index in [1.54, 1.807) is 0 Å². The number of quaternary nitrogens is 1. The van der Waals surface area contributed by atoms with Gasteiger partial charge in [0.1, 0.15) is 11.6 Å². The summed E-state index contributed by atoms with van der Waals surface area (Å²) in [6, 6.07) is 0. The third-order valence-electron chi connectivity index (χ3n) is 1.50. The first-order valence-electron chi connectivity index (χ1n) is 3.04. The summed E-state index contributed by atoms with van der Waals surface area (Å²) in [5.74, 6) is 0. The molecule has 1 heterocycles. The average Bonchev–Trinajstić information content (AvgIpc) is 2.20. The number of hydrogen-bond acceptors (Lipinski definition) is 3. The Bertz CT molecular complexity index is 177. The molecule has 0 bridgehead atoms. The van der Waals surface area contributed by atoms with E-state index in [9.17, 15) is 0 Å². The zero-order valence-electron chi connectivity index (χ0n) is 6.41. The van der Waals surface area contributed by atoms with Gasteiger partial charge in [0.15, 0.2) is 0 Å². The molecule has 0 aliphatic carbocycles.